The van der Waals surface area contributed by atoms with Crippen molar-refractivity contribution in [3.63, 3.8) is 0 Å². The Hall–Kier alpha value is -3.15. The van der Waals surface area contributed by atoms with Crippen LogP contribution in [0.25, 0.3) is 11.3 Å². The van der Waals surface area contributed by atoms with Crippen LogP contribution in [0.3, 0.4) is 0 Å². The van der Waals surface area contributed by atoms with Crippen LogP contribution in [0.2, 0.25) is 0 Å². The average Bonchev–Trinajstić information content (AvgIpc) is 3.09. The molecule has 0 saturated carbocycles. The number of aromatic nitrogens is 2. The predicted octanol–water partition coefficient (Wildman–Crippen LogP) is 3.39. The molecule has 0 saturated heterocycles. The molecular weight excluding hydrogens is 330 g/mol. The third-order valence-corrected chi connectivity index (χ3v) is 4.00. The highest BCUT2D eigenvalue weighted by Crippen LogP contribution is 2.25. The molecule has 134 valence electrons. The van der Waals surface area contributed by atoms with E-state index in [1.165, 1.54) is 11.6 Å². The number of nitrogens with zero attached hydrogens (tertiary/aromatic N) is 1. The van der Waals surface area contributed by atoms with Gasteiger partial charge in [0.25, 0.3) is 11.5 Å². The molecule has 6 heteroatoms. The van der Waals surface area contributed by atoms with Gasteiger partial charge >= 0.3 is 0 Å². The van der Waals surface area contributed by atoms with Crippen LogP contribution in [0.1, 0.15) is 47.4 Å². The Morgan fingerprint density at radius 2 is 2.04 bits per heavy atom. The van der Waals surface area contributed by atoms with Crippen molar-refractivity contribution < 1.29 is 9.21 Å². The zero-order valence-electron chi connectivity index (χ0n) is 15.0. The van der Waals surface area contributed by atoms with Gasteiger partial charge < -0.3 is 14.7 Å². The van der Waals surface area contributed by atoms with E-state index in [-0.39, 0.29) is 23.8 Å². The van der Waals surface area contributed by atoms with E-state index in [1.54, 1.807) is 19.1 Å². The molecule has 0 aliphatic heterocycles. The summed E-state index contributed by atoms with van der Waals surface area (Å²) in [6.07, 6.45) is 0. The predicted molar refractivity (Wildman–Crippen MR) is 99.0 cm³/mol. The Morgan fingerprint density at radius 1 is 1.23 bits per heavy atom. The average molecular weight is 351 g/mol. The van der Waals surface area contributed by atoms with Crippen LogP contribution < -0.4 is 10.9 Å². The topological polar surface area (TPSA) is 88.0 Å². The molecule has 2 aromatic heterocycles. The number of hydrogen-bond acceptors (Lipinski definition) is 4. The number of H-pyrrole nitrogens is 1. The van der Waals surface area contributed by atoms with E-state index in [9.17, 15) is 9.59 Å². The second kappa shape index (κ2) is 7.39. The monoisotopic (exact) mass is 351 g/mol. The van der Waals surface area contributed by atoms with Crippen molar-refractivity contribution in [2.45, 2.75) is 33.2 Å². The number of amides is 1. The molecule has 3 aromatic rings. The van der Waals surface area contributed by atoms with Crippen LogP contribution in [-0.2, 0) is 6.54 Å². The molecule has 2 heterocycles. The standard InChI is InChI=1S/C20H21N3O3/c1-12(2)14-5-4-6-15(10-14)16-7-8-17(26-16)20(25)21-11-18-22-13(3)9-19(24)23-18/h4-10,12H,11H2,1-3H3,(H,21,25)(H,22,23,24). The van der Waals surface area contributed by atoms with Crippen molar-refractivity contribution >= 4 is 5.91 Å². The number of aryl methyl sites for hydroxylation is 1. The van der Waals surface area contributed by atoms with Crippen LogP contribution in [0.15, 0.2) is 51.7 Å². The van der Waals surface area contributed by atoms with Crippen molar-refractivity contribution in [3.8, 4) is 11.3 Å². The van der Waals surface area contributed by atoms with Crippen molar-refractivity contribution in [1.82, 2.24) is 15.3 Å². The Kier molecular flexibility index (Phi) is 5.02. The van der Waals surface area contributed by atoms with E-state index in [4.69, 9.17) is 4.42 Å². The molecular formula is C20H21N3O3. The zero-order valence-corrected chi connectivity index (χ0v) is 15.0. The molecule has 0 radical (unpaired) electrons. The van der Waals surface area contributed by atoms with Gasteiger partial charge in [0.2, 0.25) is 0 Å². The van der Waals surface area contributed by atoms with Gasteiger partial charge in [-0.2, -0.15) is 0 Å². The SMILES string of the molecule is Cc1cc(=O)[nH]c(CNC(=O)c2ccc(-c3cccc(C(C)C)c3)o2)n1. The number of carbonyl (C=O) groups excluding carboxylic acids is 1. The fraction of sp³-hybridized carbons (Fsp3) is 0.250. The van der Waals surface area contributed by atoms with E-state index in [1.807, 2.05) is 12.1 Å². The lowest BCUT2D eigenvalue weighted by atomic mass is 10.0. The van der Waals surface area contributed by atoms with Gasteiger partial charge in [0.05, 0.1) is 6.54 Å². The fourth-order valence-electron chi connectivity index (χ4n) is 2.64. The number of rotatable bonds is 5. The van der Waals surface area contributed by atoms with Crippen molar-refractivity contribution in [3.05, 3.63) is 75.7 Å². The summed E-state index contributed by atoms with van der Waals surface area (Å²) >= 11 is 0. The fourth-order valence-corrected chi connectivity index (χ4v) is 2.64. The molecule has 1 aromatic carbocycles. The number of benzene rings is 1. The Bertz CT molecular complexity index is 986. The van der Waals surface area contributed by atoms with Gasteiger partial charge in [-0.25, -0.2) is 4.98 Å². The summed E-state index contributed by atoms with van der Waals surface area (Å²) < 4.78 is 5.70. The summed E-state index contributed by atoms with van der Waals surface area (Å²) in [4.78, 5) is 30.5. The highest BCUT2D eigenvalue weighted by Gasteiger charge is 2.13. The third kappa shape index (κ3) is 4.08. The second-order valence-corrected chi connectivity index (χ2v) is 6.46. The van der Waals surface area contributed by atoms with E-state index in [0.717, 1.165) is 5.56 Å². The number of aromatic amines is 1. The summed E-state index contributed by atoms with van der Waals surface area (Å²) in [5.41, 5.74) is 2.50. The highest BCUT2D eigenvalue weighted by molar-refractivity contribution is 5.92. The maximum atomic E-state index is 12.3. The first kappa shape index (κ1) is 17.7. The van der Waals surface area contributed by atoms with E-state index >= 15 is 0 Å². The summed E-state index contributed by atoms with van der Waals surface area (Å²) in [5, 5.41) is 2.70. The van der Waals surface area contributed by atoms with Crippen LogP contribution in [0.4, 0.5) is 0 Å². The van der Waals surface area contributed by atoms with Crippen LogP contribution in [-0.4, -0.2) is 15.9 Å². The van der Waals surface area contributed by atoms with Gasteiger partial charge in [-0.15, -0.1) is 0 Å². The first-order valence-electron chi connectivity index (χ1n) is 8.47. The summed E-state index contributed by atoms with van der Waals surface area (Å²) in [5.74, 6) is 1.31. The first-order valence-corrected chi connectivity index (χ1v) is 8.47. The molecule has 0 aliphatic carbocycles. The number of carbonyl (C=O) groups is 1. The van der Waals surface area contributed by atoms with E-state index < -0.39 is 0 Å². The van der Waals surface area contributed by atoms with Crippen molar-refractivity contribution in [2.75, 3.05) is 0 Å². The molecule has 26 heavy (non-hydrogen) atoms. The molecule has 0 aliphatic rings. The molecule has 3 rings (SSSR count). The lowest BCUT2D eigenvalue weighted by Crippen LogP contribution is -2.25. The summed E-state index contributed by atoms with van der Waals surface area (Å²) in [6, 6.07) is 12.9. The lowest BCUT2D eigenvalue weighted by molar-refractivity contribution is 0.0923. The Balaban J connectivity index is 1.72. The van der Waals surface area contributed by atoms with Gasteiger partial charge in [-0.05, 0) is 36.6 Å². The third-order valence-electron chi connectivity index (χ3n) is 4.00. The molecule has 2 N–H and O–H groups in total. The minimum Gasteiger partial charge on any atom is -0.451 e. The van der Waals surface area contributed by atoms with E-state index in [2.05, 4.69) is 41.3 Å². The van der Waals surface area contributed by atoms with Gasteiger partial charge in [0.1, 0.15) is 11.6 Å². The number of hydrogen-bond donors (Lipinski definition) is 2. The van der Waals surface area contributed by atoms with Crippen LogP contribution in [0, 0.1) is 6.92 Å². The Labute approximate surface area is 151 Å². The van der Waals surface area contributed by atoms with Crippen molar-refractivity contribution in [1.29, 1.82) is 0 Å². The lowest BCUT2D eigenvalue weighted by Gasteiger charge is -2.06. The molecule has 6 nitrogen and oxygen atoms in total. The number of furan rings is 1. The van der Waals surface area contributed by atoms with Crippen LogP contribution >= 0.6 is 0 Å². The normalized spacial score (nSPS) is 10.9. The first-order chi connectivity index (χ1) is 12.4. The van der Waals surface area contributed by atoms with Crippen molar-refractivity contribution in [2.24, 2.45) is 0 Å². The summed E-state index contributed by atoms with van der Waals surface area (Å²) in [6.45, 7) is 6.10. The maximum absolute atomic E-state index is 12.3. The molecule has 1 amide bonds. The van der Waals surface area contributed by atoms with E-state index in [0.29, 0.717) is 23.2 Å². The quantitative estimate of drug-likeness (QED) is 0.737. The molecule has 0 fully saturated rings. The minimum absolute atomic E-state index is 0.120. The maximum Gasteiger partial charge on any atom is 0.287 e. The zero-order chi connectivity index (χ0) is 18.7. The van der Waals surface area contributed by atoms with Crippen LogP contribution in [0.5, 0.6) is 0 Å². The van der Waals surface area contributed by atoms with Gasteiger partial charge in [0.15, 0.2) is 5.76 Å². The molecule has 0 unspecified atom stereocenters. The minimum atomic E-state index is -0.361. The van der Waals surface area contributed by atoms with Gasteiger partial charge in [-0.3, -0.25) is 9.59 Å². The second-order valence-electron chi connectivity index (χ2n) is 6.46. The van der Waals surface area contributed by atoms with Gasteiger partial charge in [0, 0.05) is 17.3 Å². The van der Waals surface area contributed by atoms with Gasteiger partial charge in [-0.1, -0.05) is 32.0 Å². The molecule has 0 spiro atoms. The smallest absolute Gasteiger partial charge is 0.287 e. The highest BCUT2D eigenvalue weighted by atomic mass is 16.3. The number of nitrogens with one attached hydrogen (secondary N) is 2. The Morgan fingerprint density at radius 3 is 2.77 bits per heavy atom. The molecule has 0 atom stereocenters. The summed E-state index contributed by atoms with van der Waals surface area (Å²) in [7, 11) is 0. The largest absolute Gasteiger partial charge is 0.451 e. The molecule has 0 bridgehead atoms.